The number of aryl methyl sites for hydroxylation is 1. The van der Waals surface area contributed by atoms with Crippen LogP contribution >= 0.6 is 23.4 Å². The minimum absolute atomic E-state index is 0.276. The van der Waals surface area contributed by atoms with Gasteiger partial charge in [0.05, 0.1) is 5.56 Å². The molecule has 0 aliphatic carbocycles. The van der Waals surface area contributed by atoms with Crippen LogP contribution in [-0.4, -0.2) is 16.1 Å². The first-order chi connectivity index (χ1) is 6.67. The maximum absolute atomic E-state index is 8.86. The van der Waals surface area contributed by atoms with E-state index in [-0.39, 0.29) is 5.25 Å². The van der Waals surface area contributed by atoms with Gasteiger partial charge in [0.2, 0.25) is 0 Å². The zero-order valence-electron chi connectivity index (χ0n) is 8.12. The number of hydrogen-bond donors (Lipinski definition) is 0. The van der Waals surface area contributed by atoms with Gasteiger partial charge in [-0.2, -0.15) is 5.26 Å². The third-order valence-electron chi connectivity index (χ3n) is 1.65. The maximum Gasteiger partial charge on any atom is 0.114 e. The summed E-state index contributed by atoms with van der Waals surface area (Å²) in [5.41, 5.74) is 1.55. The van der Waals surface area contributed by atoms with Crippen molar-refractivity contribution < 1.29 is 0 Å². The lowest BCUT2D eigenvalue weighted by Crippen LogP contribution is -2.00. The standard InChI is InChI=1S/C10H11ClN2S/c1-7-3-4-9(6-12)10(13-7)14-8(2)5-11/h3-4,8H,5H2,1-2H3. The van der Waals surface area contributed by atoms with E-state index in [0.29, 0.717) is 11.4 Å². The highest BCUT2D eigenvalue weighted by Crippen LogP contribution is 2.25. The molecule has 1 heterocycles. The van der Waals surface area contributed by atoms with Crippen LogP contribution in [0.1, 0.15) is 18.2 Å². The van der Waals surface area contributed by atoms with Crippen molar-refractivity contribution in [3.63, 3.8) is 0 Å². The van der Waals surface area contributed by atoms with Crippen molar-refractivity contribution >= 4 is 23.4 Å². The average Bonchev–Trinajstić information content (AvgIpc) is 2.18. The van der Waals surface area contributed by atoms with Crippen LogP contribution in [0.15, 0.2) is 17.2 Å². The molecule has 0 aromatic carbocycles. The second-order valence-corrected chi connectivity index (χ2v) is 4.74. The number of nitrogens with zero attached hydrogens (tertiary/aromatic N) is 2. The number of rotatable bonds is 3. The van der Waals surface area contributed by atoms with Crippen molar-refractivity contribution in [1.29, 1.82) is 5.26 Å². The molecule has 1 aromatic heterocycles. The molecule has 4 heteroatoms. The van der Waals surface area contributed by atoms with Crippen LogP contribution in [0.4, 0.5) is 0 Å². The summed E-state index contributed by atoms with van der Waals surface area (Å²) in [6.07, 6.45) is 0. The first-order valence-electron chi connectivity index (χ1n) is 4.27. The van der Waals surface area contributed by atoms with Crippen LogP contribution in [0, 0.1) is 18.3 Å². The third-order valence-corrected chi connectivity index (χ3v) is 3.40. The first-order valence-corrected chi connectivity index (χ1v) is 5.69. The van der Waals surface area contributed by atoms with Gasteiger partial charge in [-0.25, -0.2) is 4.98 Å². The fourth-order valence-corrected chi connectivity index (χ4v) is 2.00. The van der Waals surface area contributed by atoms with Crippen molar-refractivity contribution in [3.05, 3.63) is 23.4 Å². The normalized spacial score (nSPS) is 12.1. The van der Waals surface area contributed by atoms with Crippen molar-refractivity contribution in [3.8, 4) is 6.07 Å². The van der Waals surface area contributed by atoms with E-state index in [2.05, 4.69) is 11.1 Å². The second kappa shape index (κ2) is 5.23. The monoisotopic (exact) mass is 226 g/mol. The molecule has 0 aliphatic rings. The molecule has 0 aliphatic heterocycles. The summed E-state index contributed by atoms with van der Waals surface area (Å²) < 4.78 is 0. The molecular formula is C10H11ClN2S. The average molecular weight is 227 g/mol. The number of nitriles is 1. The quantitative estimate of drug-likeness (QED) is 0.587. The van der Waals surface area contributed by atoms with Gasteiger partial charge in [-0.3, -0.25) is 0 Å². The van der Waals surface area contributed by atoms with E-state index in [1.807, 2.05) is 19.9 Å². The maximum atomic E-state index is 8.86. The predicted molar refractivity (Wildman–Crippen MR) is 59.7 cm³/mol. The van der Waals surface area contributed by atoms with Gasteiger partial charge in [0, 0.05) is 16.8 Å². The first kappa shape index (κ1) is 11.4. The number of thioether (sulfide) groups is 1. The minimum Gasteiger partial charge on any atom is -0.245 e. The SMILES string of the molecule is Cc1ccc(C#N)c(SC(C)CCl)n1. The van der Waals surface area contributed by atoms with Crippen molar-refractivity contribution in [2.75, 3.05) is 5.88 Å². The Bertz CT molecular complexity index is 360. The van der Waals surface area contributed by atoms with Gasteiger partial charge in [-0.15, -0.1) is 23.4 Å². The lowest BCUT2D eigenvalue weighted by molar-refractivity contribution is 1.03. The van der Waals surface area contributed by atoms with Gasteiger partial charge < -0.3 is 0 Å². The Morgan fingerprint density at radius 1 is 1.64 bits per heavy atom. The summed E-state index contributed by atoms with van der Waals surface area (Å²) in [5, 5.41) is 9.91. The summed E-state index contributed by atoms with van der Waals surface area (Å²) in [6, 6.07) is 5.76. The van der Waals surface area contributed by atoms with Crippen LogP contribution in [-0.2, 0) is 0 Å². The van der Waals surface area contributed by atoms with Gasteiger partial charge in [0.1, 0.15) is 11.1 Å². The molecule has 1 aromatic rings. The summed E-state index contributed by atoms with van der Waals surface area (Å²) in [6.45, 7) is 3.93. The molecule has 1 rings (SSSR count). The highest BCUT2D eigenvalue weighted by atomic mass is 35.5. The van der Waals surface area contributed by atoms with Gasteiger partial charge in [-0.05, 0) is 19.1 Å². The van der Waals surface area contributed by atoms with Crippen molar-refractivity contribution in [2.45, 2.75) is 24.1 Å². The van der Waals surface area contributed by atoms with E-state index in [1.54, 1.807) is 17.8 Å². The Morgan fingerprint density at radius 2 is 2.36 bits per heavy atom. The number of alkyl halides is 1. The van der Waals surface area contributed by atoms with E-state index in [9.17, 15) is 0 Å². The highest BCUT2D eigenvalue weighted by Gasteiger charge is 2.09. The molecule has 0 fully saturated rings. The lowest BCUT2D eigenvalue weighted by atomic mass is 10.3. The van der Waals surface area contributed by atoms with Gasteiger partial charge in [-0.1, -0.05) is 6.92 Å². The van der Waals surface area contributed by atoms with Crippen molar-refractivity contribution in [2.24, 2.45) is 0 Å². The summed E-state index contributed by atoms with van der Waals surface area (Å²) in [4.78, 5) is 4.31. The van der Waals surface area contributed by atoms with E-state index in [4.69, 9.17) is 16.9 Å². The molecular weight excluding hydrogens is 216 g/mol. The molecule has 0 saturated heterocycles. The Balaban J connectivity index is 2.94. The van der Waals surface area contributed by atoms with E-state index in [0.717, 1.165) is 10.7 Å². The van der Waals surface area contributed by atoms with Gasteiger partial charge in [0.15, 0.2) is 0 Å². The number of aromatic nitrogens is 1. The van der Waals surface area contributed by atoms with Crippen LogP contribution < -0.4 is 0 Å². The van der Waals surface area contributed by atoms with Crippen LogP contribution in [0.5, 0.6) is 0 Å². The highest BCUT2D eigenvalue weighted by molar-refractivity contribution is 8.00. The largest absolute Gasteiger partial charge is 0.245 e. The smallest absolute Gasteiger partial charge is 0.114 e. The molecule has 0 saturated carbocycles. The number of hydrogen-bond acceptors (Lipinski definition) is 3. The molecule has 14 heavy (non-hydrogen) atoms. The van der Waals surface area contributed by atoms with Gasteiger partial charge >= 0.3 is 0 Å². The van der Waals surface area contributed by atoms with E-state index < -0.39 is 0 Å². The number of halogens is 1. The molecule has 0 amide bonds. The van der Waals surface area contributed by atoms with Crippen LogP contribution in [0.2, 0.25) is 0 Å². The third kappa shape index (κ3) is 2.90. The van der Waals surface area contributed by atoms with Crippen LogP contribution in [0.25, 0.3) is 0 Å². The van der Waals surface area contributed by atoms with Crippen LogP contribution in [0.3, 0.4) is 0 Å². The summed E-state index contributed by atoms with van der Waals surface area (Å²) in [5.74, 6) is 0.561. The topological polar surface area (TPSA) is 36.7 Å². The molecule has 0 bridgehead atoms. The van der Waals surface area contributed by atoms with Gasteiger partial charge in [0.25, 0.3) is 0 Å². The van der Waals surface area contributed by atoms with E-state index in [1.165, 1.54) is 0 Å². The Morgan fingerprint density at radius 3 is 2.93 bits per heavy atom. The second-order valence-electron chi connectivity index (χ2n) is 3.00. The molecule has 74 valence electrons. The Labute approximate surface area is 93.3 Å². The molecule has 0 N–H and O–H groups in total. The zero-order chi connectivity index (χ0) is 10.6. The molecule has 0 radical (unpaired) electrons. The molecule has 0 spiro atoms. The lowest BCUT2D eigenvalue weighted by Gasteiger charge is -2.07. The van der Waals surface area contributed by atoms with E-state index >= 15 is 0 Å². The Kier molecular flexibility index (Phi) is 4.24. The summed E-state index contributed by atoms with van der Waals surface area (Å²) in [7, 11) is 0. The Hall–Kier alpha value is -0.720. The molecule has 2 nitrogen and oxygen atoms in total. The minimum atomic E-state index is 0.276. The fraction of sp³-hybridized carbons (Fsp3) is 0.400. The fourth-order valence-electron chi connectivity index (χ4n) is 0.930. The molecule has 1 atom stereocenters. The molecule has 1 unspecified atom stereocenters. The zero-order valence-corrected chi connectivity index (χ0v) is 9.69. The predicted octanol–water partition coefficient (Wildman–Crippen LogP) is 2.98. The summed E-state index contributed by atoms with van der Waals surface area (Å²) >= 11 is 7.25. The number of pyridine rings is 1. The van der Waals surface area contributed by atoms with Crippen molar-refractivity contribution in [1.82, 2.24) is 4.98 Å².